The van der Waals surface area contributed by atoms with Crippen LogP contribution in [0.4, 0.5) is 0 Å². The first-order chi connectivity index (χ1) is 13.9. The highest BCUT2D eigenvalue weighted by atomic mass is 79.9. The summed E-state index contributed by atoms with van der Waals surface area (Å²) in [5, 5.41) is 4.87. The highest BCUT2D eigenvalue weighted by Crippen LogP contribution is 2.23. The second-order valence-corrected chi connectivity index (χ2v) is 8.92. The molecule has 2 N–H and O–H groups in total. The average Bonchev–Trinajstić information content (AvgIpc) is 3.21. The molecule has 11 heteroatoms. The lowest BCUT2D eigenvalue weighted by molar-refractivity contribution is -0.139. The third-order valence-corrected chi connectivity index (χ3v) is 6.59. The molecule has 1 aromatic carbocycles. The number of carbonyl (C=O) groups is 2. The van der Waals surface area contributed by atoms with E-state index in [0.29, 0.717) is 5.69 Å². The van der Waals surface area contributed by atoms with Crippen molar-refractivity contribution in [3.63, 3.8) is 0 Å². The van der Waals surface area contributed by atoms with Crippen molar-refractivity contribution < 1.29 is 22.7 Å². The topological polar surface area (TPSA) is 118 Å². The van der Waals surface area contributed by atoms with Gasteiger partial charge in [0.25, 0.3) is 0 Å². The zero-order chi connectivity index (χ0) is 20.9. The van der Waals surface area contributed by atoms with Gasteiger partial charge < -0.3 is 15.4 Å². The van der Waals surface area contributed by atoms with E-state index in [1.165, 1.54) is 16.4 Å². The maximum Gasteiger partial charge on any atom is 0.309 e. The molecule has 1 aromatic heterocycles. The number of amides is 2. The Labute approximate surface area is 176 Å². The van der Waals surface area contributed by atoms with Crippen LogP contribution in [0.5, 0.6) is 0 Å². The summed E-state index contributed by atoms with van der Waals surface area (Å²) < 4.78 is 33.0. The van der Waals surface area contributed by atoms with Crippen LogP contribution < -0.4 is 10.6 Å². The van der Waals surface area contributed by atoms with Gasteiger partial charge in [0.2, 0.25) is 10.0 Å². The van der Waals surface area contributed by atoms with Crippen molar-refractivity contribution in [1.29, 1.82) is 0 Å². The number of nitrogens with one attached hydrogen (secondary N) is 2. The van der Waals surface area contributed by atoms with E-state index in [2.05, 4.69) is 31.5 Å². The van der Waals surface area contributed by atoms with Crippen LogP contribution >= 0.6 is 15.9 Å². The van der Waals surface area contributed by atoms with E-state index in [0.717, 1.165) is 4.47 Å². The predicted molar refractivity (Wildman–Crippen MR) is 107 cm³/mol. The van der Waals surface area contributed by atoms with E-state index < -0.39 is 28.1 Å². The molecule has 1 aliphatic rings. The summed E-state index contributed by atoms with van der Waals surface area (Å²) in [4.78, 5) is 28.1. The predicted octanol–water partition coefficient (Wildman–Crippen LogP) is 0.624. The molecular weight excluding hydrogens is 464 g/mol. The minimum Gasteiger partial charge on any atom is -0.359 e. The molecule has 2 amide bonds. The number of aromatic nitrogens is 1. The van der Waals surface area contributed by atoms with Gasteiger partial charge in [-0.1, -0.05) is 22.0 Å². The fraction of sp³-hybridized carbons (Fsp3) is 0.278. The number of ether oxygens (including phenoxy) is 1. The van der Waals surface area contributed by atoms with Crippen molar-refractivity contribution >= 4 is 37.8 Å². The lowest BCUT2D eigenvalue weighted by Crippen LogP contribution is -2.47. The van der Waals surface area contributed by atoms with Gasteiger partial charge in [-0.3, -0.25) is 14.6 Å². The molecule has 3 rings (SSSR count). The molecule has 29 heavy (non-hydrogen) atoms. The average molecular weight is 483 g/mol. The van der Waals surface area contributed by atoms with E-state index in [-0.39, 0.29) is 31.1 Å². The maximum absolute atomic E-state index is 12.8. The van der Waals surface area contributed by atoms with Crippen molar-refractivity contribution in [1.82, 2.24) is 19.9 Å². The van der Waals surface area contributed by atoms with E-state index in [9.17, 15) is 18.0 Å². The number of hydrogen-bond donors (Lipinski definition) is 2. The van der Waals surface area contributed by atoms with Gasteiger partial charge >= 0.3 is 11.8 Å². The van der Waals surface area contributed by atoms with Crippen molar-refractivity contribution in [2.75, 3.05) is 19.7 Å². The molecule has 0 spiro atoms. The Morgan fingerprint density at radius 2 is 1.86 bits per heavy atom. The Balaban J connectivity index is 1.55. The molecule has 2 heterocycles. The second kappa shape index (κ2) is 9.44. The molecule has 0 aliphatic carbocycles. The van der Waals surface area contributed by atoms with E-state index in [1.54, 1.807) is 36.5 Å². The van der Waals surface area contributed by atoms with Crippen molar-refractivity contribution in [3.8, 4) is 0 Å². The summed E-state index contributed by atoms with van der Waals surface area (Å²) >= 11 is 3.27. The zero-order valence-corrected chi connectivity index (χ0v) is 17.6. The number of pyridine rings is 1. The fourth-order valence-corrected chi connectivity index (χ4v) is 4.47. The summed E-state index contributed by atoms with van der Waals surface area (Å²) in [6.45, 7) is 0.315. The van der Waals surface area contributed by atoms with Crippen LogP contribution in [0.15, 0.2) is 58.0 Å². The first-order valence-electron chi connectivity index (χ1n) is 8.73. The third kappa shape index (κ3) is 5.38. The highest BCUT2D eigenvalue weighted by molar-refractivity contribution is 9.10. The van der Waals surface area contributed by atoms with Crippen LogP contribution in [0, 0.1) is 0 Å². The van der Waals surface area contributed by atoms with Gasteiger partial charge in [0, 0.05) is 17.2 Å². The molecule has 0 unspecified atom stereocenters. The Bertz CT molecular complexity index is 970. The SMILES string of the molecule is O=C(NCc1ccccn1)C(=O)NC[C@H]1OCCN1S(=O)(=O)c1ccc(Br)cc1. The number of benzene rings is 1. The smallest absolute Gasteiger partial charge is 0.309 e. The van der Waals surface area contributed by atoms with E-state index >= 15 is 0 Å². The first-order valence-corrected chi connectivity index (χ1v) is 11.0. The van der Waals surface area contributed by atoms with Crippen LogP contribution in [0.2, 0.25) is 0 Å². The Morgan fingerprint density at radius 3 is 2.55 bits per heavy atom. The molecule has 1 saturated heterocycles. The molecule has 1 fully saturated rings. The minimum absolute atomic E-state index is 0.108. The largest absolute Gasteiger partial charge is 0.359 e. The standard InChI is InChI=1S/C18H19BrN4O5S/c19-13-4-6-15(7-5-13)29(26,27)23-9-10-28-16(23)12-22-18(25)17(24)21-11-14-3-1-2-8-20-14/h1-8,16H,9-12H2,(H,21,24)(H,22,25)/t16-/m1/s1. The number of halogens is 1. The zero-order valence-electron chi connectivity index (χ0n) is 15.2. The monoisotopic (exact) mass is 482 g/mol. The van der Waals surface area contributed by atoms with Gasteiger partial charge in [-0.05, 0) is 36.4 Å². The van der Waals surface area contributed by atoms with Gasteiger partial charge in [0.1, 0.15) is 6.23 Å². The number of carbonyl (C=O) groups excluding carboxylic acids is 2. The molecule has 0 radical (unpaired) electrons. The van der Waals surface area contributed by atoms with Gasteiger partial charge in [-0.25, -0.2) is 8.42 Å². The highest BCUT2D eigenvalue weighted by Gasteiger charge is 2.36. The Kier molecular flexibility index (Phi) is 6.96. The number of sulfonamides is 1. The van der Waals surface area contributed by atoms with Crippen LogP contribution in [0.3, 0.4) is 0 Å². The minimum atomic E-state index is -3.79. The van der Waals surface area contributed by atoms with E-state index in [1.807, 2.05) is 0 Å². The van der Waals surface area contributed by atoms with Crippen LogP contribution in [0.25, 0.3) is 0 Å². The van der Waals surface area contributed by atoms with Gasteiger partial charge in [-0.15, -0.1) is 0 Å². The van der Waals surface area contributed by atoms with Gasteiger partial charge in [0.15, 0.2) is 0 Å². The summed E-state index contributed by atoms with van der Waals surface area (Å²) in [6.07, 6.45) is 0.690. The van der Waals surface area contributed by atoms with Crippen molar-refractivity contribution in [3.05, 3.63) is 58.8 Å². The molecule has 2 aromatic rings. The molecule has 0 bridgehead atoms. The van der Waals surface area contributed by atoms with Crippen molar-refractivity contribution in [2.24, 2.45) is 0 Å². The lowest BCUT2D eigenvalue weighted by Gasteiger charge is -2.22. The van der Waals surface area contributed by atoms with Crippen LogP contribution in [-0.4, -0.2) is 55.4 Å². The molecule has 1 aliphatic heterocycles. The third-order valence-electron chi connectivity index (χ3n) is 4.16. The van der Waals surface area contributed by atoms with Gasteiger partial charge in [-0.2, -0.15) is 4.31 Å². The molecule has 0 saturated carbocycles. The molecular formula is C18H19BrN4O5S. The fourth-order valence-electron chi connectivity index (χ4n) is 2.70. The molecule has 9 nitrogen and oxygen atoms in total. The normalized spacial score (nSPS) is 17.1. The quantitative estimate of drug-likeness (QED) is 0.582. The Morgan fingerprint density at radius 1 is 1.14 bits per heavy atom. The molecule has 1 atom stereocenters. The summed E-state index contributed by atoms with van der Waals surface area (Å²) in [5.41, 5.74) is 0.611. The number of rotatable bonds is 6. The summed E-state index contributed by atoms with van der Waals surface area (Å²) in [6, 6.07) is 11.5. The van der Waals surface area contributed by atoms with Gasteiger partial charge in [0.05, 0.1) is 30.3 Å². The maximum atomic E-state index is 12.8. The summed E-state index contributed by atoms with van der Waals surface area (Å²) in [7, 11) is -3.79. The van der Waals surface area contributed by atoms with Crippen molar-refractivity contribution in [2.45, 2.75) is 17.7 Å². The Hall–Kier alpha value is -2.34. The van der Waals surface area contributed by atoms with Crippen LogP contribution in [-0.2, 0) is 30.9 Å². The lowest BCUT2D eigenvalue weighted by atomic mass is 10.3. The number of nitrogens with zero attached hydrogens (tertiary/aromatic N) is 2. The number of hydrogen-bond acceptors (Lipinski definition) is 6. The summed E-state index contributed by atoms with van der Waals surface area (Å²) in [5.74, 6) is -1.71. The molecule has 154 valence electrons. The van der Waals surface area contributed by atoms with E-state index in [4.69, 9.17) is 4.74 Å². The first kappa shape index (κ1) is 21.4. The van der Waals surface area contributed by atoms with Crippen LogP contribution in [0.1, 0.15) is 5.69 Å². The second-order valence-electron chi connectivity index (χ2n) is 6.11.